The highest BCUT2D eigenvalue weighted by atomic mass is 16.5. The predicted molar refractivity (Wildman–Crippen MR) is 89.8 cm³/mol. The summed E-state index contributed by atoms with van der Waals surface area (Å²) in [5.74, 6) is 1.49. The molecule has 0 radical (unpaired) electrons. The van der Waals surface area contributed by atoms with Crippen LogP contribution in [0.3, 0.4) is 0 Å². The topological polar surface area (TPSA) is 71.5 Å². The maximum atomic E-state index is 12.3. The van der Waals surface area contributed by atoms with Crippen LogP contribution in [-0.2, 0) is 4.79 Å². The van der Waals surface area contributed by atoms with Gasteiger partial charge in [-0.3, -0.25) is 9.78 Å². The van der Waals surface area contributed by atoms with E-state index >= 15 is 0 Å². The van der Waals surface area contributed by atoms with Crippen LogP contribution >= 0.6 is 0 Å². The number of pyridine rings is 1. The normalized spacial score (nSPS) is 15.1. The lowest BCUT2D eigenvalue weighted by Gasteiger charge is -2.37. The number of carbonyl (C=O) groups is 1. The van der Waals surface area contributed by atoms with Crippen molar-refractivity contribution >= 4 is 11.7 Å². The number of carbonyl (C=O) groups excluding carboxylic acids is 1. The van der Waals surface area contributed by atoms with Crippen LogP contribution in [0.5, 0.6) is 5.75 Å². The van der Waals surface area contributed by atoms with Crippen molar-refractivity contribution in [2.24, 2.45) is 0 Å². The van der Waals surface area contributed by atoms with E-state index in [-0.39, 0.29) is 12.5 Å². The van der Waals surface area contributed by atoms with Gasteiger partial charge in [-0.25, -0.2) is 0 Å². The summed E-state index contributed by atoms with van der Waals surface area (Å²) in [6.45, 7) is 1.51. The fourth-order valence-corrected chi connectivity index (χ4v) is 2.84. The van der Waals surface area contributed by atoms with Crippen molar-refractivity contribution in [2.45, 2.75) is 18.9 Å². The van der Waals surface area contributed by atoms with E-state index in [0.717, 1.165) is 31.7 Å². The van der Waals surface area contributed by atoms with Gasteiger partial charge in [0.15, 0.2) is 12.4 Å². The number of piperidine rings is 1. The Morgan fingerprint density at radius 1 is 1.29 bits per heavy atom. The number of nitrogens with zero attached hydrogens (tertiary/aromatic N) is 5. The van der Waals surface area contributed by atoms with Crippen molar-refractivity contribution in [1.29, 1.82) is 0 Å². The van der Waals surface area contributed by atoms with Crippen molar-refractivity contribution in [3.63, 3.8) is 0 Å². The van der Waals surface area contributed by atoms with E-state index in [1.807, 2.05) is 24.1 Å². The molecular weight excluding hydrogens is 306 g/mol. The van der Waals surface area contributed by atoms with E-state index in [1.54, 1.807) is 30.7 Å². The van der Waals surface area contributed by atoms with Crippen LogP contribution in [0.15, 0.2) is 42.9 Å². The fourth-order valence-electron chi connectivity index (χ4n) is 2.84. The van der Waals surface area contributed by atoms with Crippen LogP contribution in [0, 0.1) is 0 Å². The standard InChI is InChI=1S/C17H21N5O2/c1-21(16-5-3-9-19-20-16)14-6-10-22(11-7-14)17(23)13-24-15-4-2-8-18-12-15/h2-5,8-9,12,14H,6-7,10-11,13H2,1H3. The van der Waals surface area contributed by atoms with E-state index in [2.05, 4.69) is 20.1 Å². The Morgan fingerprint density at radius 2 is 2.08 bits per heavy atom. The second-order valence-electron chi connectivity index (χ2n) is 5.78. The zero-order valence-electron chi connectivity index (χ0n) is 13.7. The van der Waals surface area contributed by atoms with E-state index in [1.165, 1.54) is 0 Å². The zero-order chi connectivity index (χ0) is 16.8. The maximum Gasteiger partial charge on any atom is 0.260 e. The minimum Gasteiger partial charge on any atom is -0.482 e. The molecule has 2 aromatic heterocycles. The highest BCUT2D eigenvalue weighted by Crippen LogP contribution is 2.20. The van der Waals surface area contributed by atoms with Gasteiger partial charge in [-0.15, -0.1) is 5.10 Å². The quantitative estimate of drug-likeness (QED) is 0.826. The molecule has 1 aliphatic rings. The van der Waals surface area contributed by atoms with Crippen molar-refractivity contribution in [1.82, 2.24) is 20.1 Å². The van der Waals surface area contributed by atoms with Crippen molar-refractivity contribution in [3.05, 3.63) is 42.9 Å². The van der Waals surface area contributed by atoms with Crippen molar-refractivity contribution in [2.75, 3.05) is 31.6 Å². The first-order valence-electron chi connectivity index (χ1n) is 8.05. The maximum absolute atomic E-state index is 12.3. The summed E-state index contributed by atoms with van der Waals surface area (Å²) in [6.07, 6.45) is 6.76. The molecule has 24 heavy (non-hydrogen) atoms. The molecule has 0 atom stereocenters. The Labute approximate surface area is 141 Å². The van der Waals surface area contributed by atoms with Crippen LogP contribution in [0.2, 0.25) is 0 Å². The molecule has 126 valence electrons. The molecule has 0 spiro atoms. The van der Waals surface area contributed by atoms with Gasteiger partial charge in [0.1, 0.15) is 5.75 Å². The van der Waals surface area contributed by atoms with Crippen LogP contribution in [0.25, 0.3) is 0 Å². The third-order valence-corrected chi connectivity index (χ3v) is 4.28. The molecule has 2 aromatic rings. The van der Waals surface area contributed by atoms with Gasteiger partial charge in [-0.1, -0.05) is 0 Å². The SMILES string of the molecule is CN(c1cccnn1)C1CCN(C(=O)COc2cccnc2)CC1. The van der Waals surface area contributed by atoms with Gasteiger partial charge in [0.05, 0.1) is 6.20 Å². The summed E-state index contributed by atoms with van der Waals surface area (Å²) in [4.78, 5) is 20.2. The Balaban J connectivity index is 1.47. The monoisotopic (exact) mass is 327 g/mol. The first-order chi connectivity index (χ1) is 11.7. The van der Waals surface area contributed by atoms with Crippen LogP contribution in [0.4, 0.5) is 5.82 Å². The molecule has 1 aliphatic heterocycles. The van der Waals surface area contributed by atoms with E-state index < -0.39 is 0 Å². The van der Waals surface area contributed by atoms with Gasteiger partial charge in [0, 0.05) is 38.6 Å². The number of aromatic nitrogens is 3. The Morgan fingerprint density at radius 3 is 2.75 bits per heavy atom. The number of anilines is 1. The van der Waals surface area contributed by atoms with Crippen LogP contribution < -0.4 is 9.64 Å². The fraction of sp³-hybridized carbons (Fsp3) is 0.412. The first-order valence-corrected chi connectivity index (χ1v) is 8.05. The smallest absolute Gasteiger partial charge is 0.260 e. The second-order valence-corrected chi connectivity index (χ2v) is 5.78. The molecule has 0 saturated carbocycles. The molecule has 0 aliphatic carbocycles. The molecule has 7 heteroatoms. The van der Waals surface area contributed by atoms with Crippen molar-refractivity contribution in [3.8, 4) is 5.75 Å². The van der Waals surface area contributed by atoms with Gasteiger partial charge in [-0.05, 0) is 37.1 Å². The molecular formula is C17H21N5O2. The summed E-state index contributed by atoms with van der Waals surface area (Å²) in [7, 11) is 2.03. The average molecular weight is 327 g/mol. The molecule has 1 amide bonds. The molecule has 0 N–H and O–H groups in total. The minimum atomic E-state index is 0.0134. The molecule has 0 aromatic carbocycles. The van der Waals surface area contributed by atoms with Crippen LogP contribution in [0.1, 0.15) is 12.8 Å². The molecule has 3 rings (SSSR count). The molecule has 0 bridgehead atoms. The van der Waals surface area contributed by atoms with Crippen molar-refractivity contribution < 1.29 is 9.53 Å². The zero-order valence-corrected chi connectivity index (χ0v) is 13.7. The molecule has 1 fully saturated rings. The minimum absolute atomic E-state index is 0.0134. The van der Waals surface area contributed by atoms with Gasteiger partial charge < -0.3 is 14.5 Å². The molecule has 0 unspecified atom stereocenters. The molecule has 3 heterocycles. The lowest BCUT2D eigenvalue weighted by Crippen LogP contribution is -2.47. The van der Waals surface area contributed by atoms with Gasteiger partial charge >= 0.3 is 0 Å². The number of ether oxygens (including phenoxy) is 1. The second kappa shape index (κ2) is 7.72. The summed E-state index contributed by atoms with van der Waals surface area (Å²) in [5.41, 5.74) is 0. The number of likely N-dealkylation sites (tertiary alicyclic amines) is 1. The Bertz CT molecular complexity index is 645. The number of hydrogen-bond acceptors (Lipinski definition) is 6. The lowest BCUT2D eigenvalue weighted by molar-refractivity contribution is -0.134. The molecule has 7 nitrogen and oxygen atoms in total. The average Bonchev–Trinajstić information content (AvgIpc) is 2.67. The highest BCUT2D eigenvalue weighted by Gasteiger charge is 2.26. The molecule has 1 saturated heterocycles. The van der Waals surface area contributed by atoms with E-state index in [0.29, 0.717) is 11.8 Å². The Kier molecular flexibility index (Phi) is 5.20. The first kappa shape index (κ1) is 16.2. The number of amides is 1. The summed E-state index contributed by atoms with van der Waals surface area (Å²) in [6, 6.07) is 7.78. The third kappa shape index (κ3) is 3.98. The van der Waals surface area contributed by atoms with Gasteiger partial charge in [0.25, 0.3) is 5.91 Å². The lowest BCUT2D eigenvalue weighted by atomic mass is 10.0. The van der Waals surface area contributed by atoms with E-state index in [4.69, 9.17) is 4.74 Å². The Hall–Kier alpha value is -2.70. The van der Waals surface area contributed by atoms with Crippen LogP contribution in [-0.4, -0.2) is 58.8 Å². The number of hydrogen-bond donors (Lipinski definition) is 0. The summed E-state index contributed by atoms with van der Waals surface area (Å²) >= 11 is 0. The van der Waals surface area contributed by atoms with E-state index in [9.17, 15) is 4.79 Å². The highest BCUT2D eigenvalue weighted by molar-refractivity contribution is 5.77. The van der Waals surface area contributed by atoms with Gasteiger partial charge in [-0.2, -0.15) is 5.10 Å². The van der Waals surface area contributed by atoms with Gasteiger partial charge in [0.2, 0.25) is 0 Å². The summed E-state index contributed by atoms with van der Waals surface area (Å²) < 4.78 is 5.48. The largest absolute Gasteiger partial charge is 0.482 e. The third-order valence-electron chi connectivity index (χ3n) is 4.28. The summed E-state index contributed by atoms with van der Waals surface area (Å²) in [5, 5.41) is 8.06. The predicted octanol–water partition coefficient (Wildman–Crippen LogP) is 1.38. The number of rotatable bonds is 5.